The van der Waals surface area contributed by atoms with Crippen molar-refractivity contribution < 1.29 is 32.5 Å². The van der Waals surface area contributed by atoms with Gasteiger partial charge < -0.3 is 24.6 Å². The number of hydrogen-bond donors (Lipinski definition) is 2. The summed E-state index contributed by atoms with van der Waals surface area (Å²) in [5.41, 5.74) is 5.48. The quantitative estimate of drug-likeness (QED) is 0.395. The molecular formula is C28H24F3NO4. The van der Waals surface area contributed by atoms with E-state index in [1.807, 2.05) is 19.1 Å². The van der Waals surface area contributed by atoms with Crippen LogP contribution in [-0.4, -0.2) is 24.1 Å². The summed E-state index contributed by atoms with van der Waals surface area (Å²) in [5.74, 6) is 0.990. The Morgan fingerprint density at radius 2 is 1.69 bits per heavy atom. The molecule has 0 saturated heterocycles. The molecule has 0 aromatic heterocycles. The molecule has 36 heavy (non-hydrogen) atoms. The van der Waals surface area contributed by atoms with Crippen molar-refractivity contribution in [2.24, 2.45) is 0 Å². The first-order chi connectivity index (χ1) is 17.0. The van der Waals surface area contributed by atoms with Gasteiger partial charge in [0.2, 0.25) is 0 Å². The van der Waals surface area contributed by atoms with E-state index in [4.69, 9.17) is 9.47 Å². The molecule has 0 saturated carbocycles. The van der Waals surface area contributed by atoms with Gasteiger partial charge in [0.1, 0.15) is 17.3 Å². The summed E-state index contributed by atoms with van der Waals surface area (Å²) in [7, 11) is 1.48. The van der Waals surface area contributed by atoms with Gasteiger partial charge >= 0.3 is 6.36 Å². The van der Waals surface area contributed by atoms with Crippen LogP contribution in [0.4, 0.5) is 18.9 Å². The smallest absolute Gasteiger partial charge is 0.504 e. The Morgan fingerprint density at radius 1 is 0.972 bits per heavy atom. The zero-order valence-corrected chi connectivity index (χ0v) is 20.1. The number of anilines is 1. The summed E-state index contributed by atoms with van der Waals surface area (Å²) < 4.78 is 53.6. The van der Waals surface area contributed by atoms with Gasteiger partial charge in [-0.1, -0.05) is 24.3 Å². The van der Waals surface area contributed by atoms with Gasteiger partial charge in [0.25, 0.3) is 0 Å². The molecule has 2 heterocycles. The van der Waals surface area contributed by atoms with Crippen molar-refractivity contribution in [2.45, 2.75) is 32.7 Å². The van der Waals surface area contributed by atoms with Gasteiger partial charge in [-0.05, 0) is 68.3 Å². The second kappa shape index (κ2) is 8.26. The van der Waals surface area contributed by atoms with Gasteiger partial charge in [0, 0.05) is 22.4 Å². The molecule has 2 aliphatic rings. The number of benzene rings is 3. The number of fused-ring (bicyclic) bond motifs is 5. The topological polar surface area (TPSA) is 60.0 Å². The lowest BCUT2D eigenvalue weighted by atomic mass is 9.83. The van der Waals surface area contributed by atoms with Gasteiger partial charge in [0.05, 0.1) is 18.2 Å². The standard InChI is InChI=1S/C28H24F3NO4/c1-15-14-27(2,3)32-19-10-9-18-24(23(15)19)22(35-21-12-11-20(33)26(34-4)25(18)21)13-16-5-7-17(8-6-16)36-28(29,30)31/h5-14,32-33H,1-4H3/b22-13-. The Kier molecular flexibility index (Phi) is 5.43. The Bertz CT molecular complexity index is 1420. The maximum atomic E-state index is 12.6. The van der Waals surface area contributed by atoms with E-state index in [-0.39, 0.29) is 17.0 Å². The van der Waals surface area contributed by atoms with Crippen molar-refractivity contribution in [3.63, 3.8) is 0 Å². The maximum Gasteiger partial charge on any atom is 0.573 e. The minimum absolute atomic E-state index is 0.0114. The van der Waals surface area contributed by atoms with Gasteiger partial charge in [-0.2, -0.15) is 0 Å². The third kappa shape index (κ3) is 4.23. The van der Waals surface area contributed by atoms with Crippen molar-refractivity contribution in [2.75, 3.05) is 12.4 Å². The number of phenols is 1. The number of allylic oxidation sites excluding steroid dienone is 1. The molecule has 186 valence electrons. The van der Waals surface area contributed by atoms with Gasteiger partial charge in [-0.15, -0.1) is 13.2 Å². The summed E-state index contributed by atoms with van der Waals surface area (Å²) >= 11 is 0. The van der Waals surface area contributed by atoms with E-state index in [1.54, 1.807) is 12.1 Å². The summed E-state index contributed by atoms with van der Waals surface area (Å²) in [6, 6.07) is 12.7. The minimum atomic E-state index is -4.76. The highest BCUT2D eigenvalue weighted by Crippen LogP contribution is 2.54. The van der Waals surface area contributed by atoms with Crippen molar-refractivity contribution in [3.05, 3.63) is 71.3 Å². The SMILES string of the molecule is COc1c(O)ccc2c1-c1ccc3c(c1/C(=C/c1ccc(OC(F)(F)F)cc1)O2)C(C)=CC(C)(C)N3. The average molecular weight is 495 g/mol. The highest BCUT2D eigenvalue weighted by atomic mass is 19.4. The van der Waals surface area contributed by atoms with Crippen LogP contribution in [0, 0.1) is 0 Å². The molecule has 0 fully saturated rings. The summed E-state index contributed by atoms with van der Waals surface area (Å²) in [6.45, 7) is 6.18. The van der Waals surface area contributed by atoms with Gasteiger partial charge in [-0.25, -0.2) is 0 Å². The first kappa shape index (κ1) is 23.7. The molecule has 0 aliphatic carbocycles. The van der Waals surface area contributed by atoms with Crippen LogP contribution in [0.5, 0.6) is 23.0 Å². The fourth-order valence-electron chi connectivity index (χ4n) is 4.87. The zero-order valence-electron chi connectivity index (χ0n) is 20.1. The van der Waals surface area contributed by atoms with Crippen molar-refractivity contribution in [1.29, 1.82) is 0 Å². The molecule has 0 radical (unpaired) electrons. The van der Waals surface area contributed by atoms with Crippen LogP contribution in [0.1, 0.15) is 37.5 Å². The molecule has 3 aromatic carbocycles. The molecule has 8 heteroatoms. The minimum Gasteiger partial charge on any atom is -0.504 e. The van der Waals surface area contributed by atoms with Crippen LogP contribution in [0.15, 0.2) is 54.6 Å². The molecule has 0 amide bonds. The maximum absolute atomic E-state index is 12.6. The molecule has 3 aromatic rings. The molecular weight excluding hydrogens is 471 g/mol. The molecule has 5 rings (SSSR count). The zero-order chi connectivity index (χ0) is 25.8. The number of rotatable bonds is 3. The van der Waals surface area contributed by atoms with Crippen LogP contribution in [0.25, 0.3) is 28.5 Å². The summed E-state index contributed by atoms with van der Waals surface area (Å²) in [6.07, 6.45) is -0.860. The van der Waals surface area contributed by atoms with Gasteiger partial charge in [-0.3, -0.25) is 0 Å². The Labute approximate surface area is 206 Å². The molecule has 5 nitrogen and oxygen atoms in total. The lowest BCUT2D eigenvalue weighted by Gasteiger charge is -2.35. The number of methoxy groups -OCH3 is 1. The van der Waals surface area contributed by atoms with Crippen LogP contribution < -0.4 is 19.5 Å². The monoisotopic (exact) mass is 495 g/mol. The van der Waals surface area contributed by atoms with E-state index in [9.17, 15) is 18.3 Å². The van der Waals surface area contributed by atoms with Crippen LogP contribution >= 0.6 is 0 Å². The van der Waals surface area contributed by atoms with E-state index in [2.05, 4.69) is 30.0 Å². The second-order valence-electron chi connectivity index (χ2n) is 9.30. The predicted molar refractivity (Wildman–Crippen MR) is 133 cm³/mol. The van der Waals surface area contributed by atoms with E-state index in [0.29, 0.717) is 28.4 Å². The highest BCUT2D eigenvalue weighted by Gasteiger charge is 2.34. The Morgan fingerprint density at radius 3 is 2.36 bits per heavy atom. The van der Waals surface area contributed by atoms with Crippen molar-refractivity contribution in [1.82, 2.24) is 0 Å². The Hall–Kier alpha value is -4.07. The Balaban J connectivity index is 1.71. The molecule has 0 atom stereocenters. The van der Waals surface area contributed by atoms with Gasteiger partial charge in [0.15, 0.2) is 11.5 Å². The second-order valence-corrected chi connectivity index (χ2v) is 9.30. The lowest BCUT2D eigenvalue weighted by molar-refractivity contribution is -0.274. The predicted octanol–water partition coefficient (Wildman–Crippen LogP) is 7.46. The van der Waals surface area contributed by atoms with E-state index in [1.165, 1.54) is 37.4 Å². The number of alkyl halides is 3. The first-order valence-electron chi connectivity index (χ1n) is 11.3. The van der Waals surface area contributed by atoms with E-state index < -0.39 is 6.36 Å². The first-order valence-corrected chi connectivity index (χ1v) is 11.3. The number of hydrogen-bond acceptors (Lipinski definition) is 5. The molecule has 2 aliphatic heterocycles. The lowest BCUT2D eigenvalue weighted by Crippen LogP contribution is -2.32. The normalized spacial score (nSPS) is 16.6. The van der Waals surface area contributed by atoms with Crippen LogP contribution in [0.2, 0.25) is 0 Å². The van der Waals surface area contributed by atoms with Crippen molar-refractivity contribution in [3.8, 4) is 34.1 Å². The number of phenolic OH excluding ortho intramolecular Hbond substituents is 1. The molecule has 0 bridgehead atoms. The van der Waals surface area contributed by atoms with E-state index >= 15 is 0 Å². The van der Waals surface area contributed by atoms with E-state index in [0.717, 1.165) is 28.0 Å². The molecule has 0 spiro atoms. The summed E-state index contributed by atoms with van der Waals surface area (Å²) in [5, 5.41) is 14.0. The molecule has 2 N–H and O–H groups in total. The third-order valence-electron chi connectivity index (χ3n) is 6.08. The molecule has 0 unspecified atom stereocenters. The fraction of sp³-hybridized carbons (Fsp3) is 0.214. The summed E-state index contributed by atoms with van der Waals surface area (Å²) in [4.78, 5) is 0. The largest absolute Gasteiger partial charge is 0.573 e. The number of aromatic hydroxyl groups is 1. The fourth-order valence-corrected chi connectivity index (χ4v) is 4.87. The van der Waals surface area contributed by atoms with Crippen molar-refractivity contribution >= 4 is 23.1 Å². The van der Waals surface area contributed by atoms with Crippen LogP contribution in [-0.2, 0) is 0 Å². The highest BCUT2D eigenvalue weighted by molar-refractivity contribution is 6.02. The number of ether oxygens (including phenoxy) is 3. The number of nitrogens with one attached hydrogen (secondary N) is 1. The third-order valence-corrected chi connectivity index (χ3v) is 6.08. The van der Waals surface area contributed by atoms with Crippen LogP contribution in [0.3, 0.4) is 0 Å². The average Bonchev–Trinajstić information content (AvgIpc) is 2.78. The number of halogens is 3.